The molecule has 1 atom stereocenters. The molecule has 20 heavy (non-hydrogen) atoms. The molecule has 0 radical (unpaired) electrons. The summed E-state index contributed by atoms with van der Waals surface area (Å²) < 4.78 is 12.4. The molecule has 5 heteroatoms. The molecule has 0 aliphatic heterocycles. The maximum absolute atomic E-state index is 12.4. The first-order chi connectivity index (χ1) is 9.63. The lowest BCUT2D eigenvalue weighted by Gasteiger charge is -2.03. The van der Waals surface area contributed by atoms with Crippen LogP contribution in [0, 0.1) is 6.92 Å². The third-order valence-corrected chi connectivity index (χ3v) is 4.37. The molecule has 3 aromatic rings. The second-order valence-electron chi connectivity index (χ2n) is 4.75. The van der Waals surface area contributed by atoms with Gasteiger partial charge in [0.1, 0.15) is 0 Å². The Morgan fingerprint density at radius 1 is 1.25 bits per heavy atom. The van der Waals surface area contributed by atoms with Crippen molar-refractivity contribution in [2.75, 3.05) is 5.73 Å². The van der Waals surface area contributed by atoms with E-state index in [0.29, 0.717) is 16.6 Å². The monoisotopic (exact) mass is 285 g/mol. The Hall–Kier alpha value is -2.14. The second-order valence-corrected chi connectivity index (χ2v) is 6.12. The molecule has 102 valence electrons. The average Bonchev–Trinajstić information content (AvgIpc) is 2.84. The first-order valence-corrected chi connectivity index (χ1v) is 7.63. The Labute approximate surface area is 119 Å². The average molecular weight is 285 g/mol. The second kappa shape index (κ2) is 5.09. The van der Waals surface area contributed by atoms with E-state index in [1.54, 1.807) is 0 Å². The van der Waals surface area contributed by atoms with E-state index in [-0.39, 0.29) is 0 Å². The zero-order valence-electron chi connectivity index (χ0n) is 11.1. The van der Waals surface area contributed by atoms with Crippen LogP contribution in [0.2, 0.25) is 0 Å². The molecule has 1 aromatic heterocycles. The molecule has 0 saturated heterocycles. The van der Waals surface area contributed by atoms with Crippen molar-refractivity contribution in [3.63, 3.8) is 0 Å². The van der Waals surface area contributed by atoms with Crippen LogP contribution in [-0.4, -0.2) is 14.2 Å². The minimum Gasteiger partial charge on any atom is -0.398 e. The van der Waals surface area contributed by atoms with E-state index >= 15 is 0 Å². The van der Waals surface area contributed by atoms with Gasteiger partial charge in [-0.3, -0.25) is 4.21 Å². The summed E-state index contributed by atoms with van der Waals surface area (Å²) >= 11 is 0. The fraction of sp³-hybridized carbons (Fsp3) is 0.133. The maximum atomic E-state index is 12.4. The van der Waals surface area contributed by atoms with Crippen molar-refractivity contribution in [3.05, 3.63) is 53.6 Å². The molecular weight excluding hydrogens is 270 g/mol. The first-order valence-electron chi connectivity index (χ1n) is 6.31. The van der Waals surface area contributed by atoms with E-state index in [1.165, 1.54) is 0 Å². The van der Waals surface area contributed by atoms with Crippen LogP contribution in [-0.2, 0) is 16.6 Å². The number of aromatic amines is 1. The van der Waals surface area contributed by atoms with Crippen LogP contribution >= 0.6 is 0 Å². The van der Waals surface area contributed by atoms with Crippen molar-refractivity contribution in [1.82, 2.24) is 9.97 Å². The molecule has 0 aliphatic carbocycles. The van der Waals surface area contributed by atoms with Gasteiger partial charge in [0.25, 0.3) is 0 Å². The Morgan fingerprint density at radius 3 is 2.85 bits per heavy atom. The molecule has 4 nitrogen and oxygen atoms in total. The molecule has 0 fully saturated rings. The SMILES string of the molecule is Cc1ccc2nc(S(=O)Cc3ccccc3N)[nH]c2c1. The highest BCUT2D eigenvalue weighted by Crippen LogP contribution is 2.19. The number of fused-ring (bicyclic) bond motifs is 1. The Morgan fingerprint density at radius 2 is 2.05 bits per heavy atom. The van der Waals surface area contributed by atoms with Gasteiger partial charge in [-0.15, -0.1) is 0 Å². The summed E-state index contributed by atoms with van der Waals surface area (Å²) in [7, 11) is -1.23. The number of anilines is 1. The third-order valence-electron chi connectivity index (χ3n) is 3.17. The quantitative estimate of drug-likeness (QED) is 0.727. The number of aryl methyl sites for hydroxylation is 1. The highest BCUT2D eigenvalue weighted by Gasteiger charge is 2.12. The molecule has 1 unspecified atom stereocenters. The number of imidazole rings is 1. The summed E-state index contributed by atoms with van der Waals surface area (Å²) in [6, 6.07) is 13.4. The number of H-pyrrole nitrogens is 1. The molecule has 3 N–H and O–H groups in total. The Kier molecular flexibility index (Phi) is 3.28. The van der Waals surface area contributed by atoms with Gasteiger partial charge in [0, 0.05) is 5.69 Å². The number of rotatable bonds is 3. The highest BCUT2D eigenvalue weighted by molar-refractivity contribution is 7.84. The summed E-state index contributed by atoms with van der Waals surface area (Å²) in [6.07, 6.45) is 0. The van der Waals surface area contributed by atoms with Gasteiger partial charge in [0.15, 0.2) is 5.16 Å². The van der Waals surface area contributed by atoms with Gasteiger partial charge < -0.3 is 10.7 Å². The fourth-order valence-corrected chi connectivity index (χ4v) is 3.19. The molecule has 2 aromatic carbocycles. The van der Waals surface area contributed by atoms with Gasteiger partial charge in [-0.05, 0) is 36.2 Å². The van der Waals surface area contributed by atoms with Crippen LogP contribution in [0.5, 0.6) is 0 Å². The molecule has 0 saturated carbocycles. The molecule has 1 heterocycles. The fourth-order valence-electron chi connectivity index (χ4n) is 2.08. The summed E-state index contributed by atoms with van der Waals surface area (Å²) in [5.74, 6) is 0.367. The van der Waals surface area contributed by atoms with Crippen LogP contribution in [0.3, 0.4) is 0 Å². The Balaban J connectivity index is 1.91. The smallest absolute Gasteiger partial charge is 0.197 e. The van der Waals surface area contributed by atoms with Crippen molar-refractivity contribution < 1.29 is 4.21 Å². The lowest BCUT2D eigenvalue weighted by atomic mass is 10.2. The van der Waals surface area contributed by atoms with E-state index in [4.69, 9.17) is 5.73 Å². The zero-order chi connectivity index (χ0) is 14.1. The van der Waals surface area contributed by atoms with Gasteiger partial charge in [-0.1, -0.05) is 24.3 Å². The standard InChI is InChI=1S/C15H15N3OS/c1-10-6-7-13-14(8-10)18-15(17-13)20(19)9-11-4-2-3-5-12(11)16/h2-8H,9,16H2,1H3,(H,17,18). The normalized spacial score (nSPS) is 12.7. The minimum atomic E-state index is -1.23. The largest absolute Gasteiger partial charge is 0.398 e. The molecule has 0 aliphatic rings. The number of nitrogens with two attached hydrogens (primary N) is 1. The van der Waals surface area contributed by atoms with E-state index in [2.05, 4.69) is 9.97 Å². The third kappa shape index (κ3) is 2.44. The predicted octanol–water partition coefficient (Wildman–Crippen LogP) is 2.76. The van der Waals surface area contributed by atoms with Crippen molar-refractivity contribution in [2.45, 2.75) is 17.8 Å². The van der Waals surface area contributed by atoms with Crippen molar-refractivity contribution >= 4 is 27.5 Å². The van der Waals surface area contributed by atoms with E-state index in [0.717, 1.165) is 22.2 Å². The van der Waals surface area contributed by atoms with Crippen LogP contribution in [0.1, 0.15) is 11.1 Å². The van der Waals surface area contributed by atoms with E-state index in [9.17, 15) is 4.21 Å². The molecule has 0 spiro atoms. The van der Waals surface area contributed by atoms with Crippen molar-refractivity contribution in [2.24, 2.45) is 0 Å². The number of para-hydroxylation sites is 1. The lowest BCUT2D eigenvalue weighted by Crippen LogP contribution is -2.01. The summed E-state index contributed by atoms with van der Waals surface area (Å²) in [5.41, 5.74) is 10.3. The summed E-state index contributed by atoms with van der Waals surface area (Å²) in [4.78, 5) is 7.51. The van der Waals surface area contributed by atoms with Crippen molar-refractivity contribution in [3.8, 4) is 0 Å². The van der Waals surface area contributed by atoms with Gasteiger partial charge in [0.2, 0.25) is 0 Å². The van der Waals surface area contributed by atoms with Crippen molar-refractivity contribution in [1.29, 1.82) is 0 Å². The Bertz CT molecular complexity index is 795. The summed E-state index contributed by atoms with van der Waals surface area (Å²) in [6.45, 7) is 2.02. The number of aromatic nitrogens is 2. The lowest BCUT2D eigenvalue weighted by molar-refractivity contribution is 0.677. The van der Waals surface area contributed by atoms with Gasteiger partial charge in [-0.25, -0.2) is 4.98 Å². The molecule has 0 amide bonds. The van der Waals surface area contributed by atoms with Crippen LogP contribution in [0.15, 0.2) is 47.6 Å². The number of nitrogens with one attached hydrogen (secondary N) is 1. The predicted molar refractivity (Wildman–Crippen MR) is 81.8 cm³/mol. The number of benzene rings is 2. The first kappa shape index (κ1) is 12.9. The van der Waals surface area contributed by atoms with Gasteiger partial charge in [0.05, 0.1) is 27.6 Å². The van der Waals surface area contributed by atoms with Crippen LogP contribution in [0.25, 0.3) is 11.0 Å². The topological polar surface area (TPSA) is 71.8 Å². The van der Waals surface area contributed by atoms with E-state index in [1.807, 2.05) is 49.4 Å². The molecule has 0 bridgehead atoms. The van der Waals surface area contributed by atoms with Gasteiger partial charge >= 0.3 is 0 Å². The summed E-state index contributed by atoms with van der Waals surface area (Å²) in [5, 5.41) is 0.494. The number of hydrogen-bond acceptors (Lipinski definition) is 3. The van der Waals surface area contributed by atoms with E-state index < -0.39 is 10.8 Å². The molecule has 3 rings (SSSR count). The molecular formula is C15H15N3OS. The number of nitrogen functional groups attached to an aromatic ring is 1. The zero-order valence-corrected chi connectivity index (χ0v) is 11.9. The van der Waals surface area contributed by atoms with Crippen LogP contribution in [0.4, 0.5) is 5.69 Å². The minimum absolute atomic E-state index is 0.367. The highest BCUT2D eigenvalue weighted by atomic mass is 32.2. The number of nitrogens with zero attached hydrogens (tertiary/aromatic N) is 1. The number of hydrogen-bond donors (Lipinski definition) is 2. The maximum Gasteiger partial charge on any atom is 0.197 e. The van der Waals surface area contributed by atoms with Crippen LogP contribution < -0.4 is 5.73 Å². The van der Waals surface area contributed by atoms with Gasteiger partial charge in [-0.2, -0.15) is 0 Å².